The van der Waals surface area contributed by atoms with Crippen LogP contribution in [-0.2, 0) is 6.54 Å². The number of furan rings is 1. The highest BCUT2D eigenvalue weighted by Gasteiger charge is 2.31. The van der Waals surface area contributed by atoms with Crippen LogP contribution in [0.4, 0.5) is 10.1 Å². The lowest BCUT2D eigenvalue weighted by Gasteiger charge is -2.40. The Kier molecular flexibility index (Phi) is 5.92. The second-order valence-electron chi connectivity index (χ2n) is 8.47. The van der Waals surface area contributed by atoms with Crippen LogP contribution in [0, 0.1) is 19.7 Å². The van der Waals surface area contributed by atoms with Gasteiger partial charge in [-0.25, -0.2) is 9.07 Å². The van der Waals surface area contributed by atoms with E-state index < -0.39 is 0 Å². The SMILES string of the molecule is Cc1cccc(N2CCN([C@H](c3ccc(F)cc3)c3nnnn3Cc3ccco3)CC2)c1C. The van der Waals surface area contributed by atoms with Crippen LogP contribution in [0.2, 0.25) is 0 Å². The fraction of sp³-hybridized carbons (Fsp3) is 0.320. The van der Waals surface area contributed by atoms with Crippen LogP contribution in [0.3, 0.4) is 0 Å². The molecule has 3 heterocycles. The molecule has 0 spiro atoms. The number of anilines is 1. The van der Waals surface area contributed by atoms with Gasteiger partial charge >= 0.3 is 0 Å². The molecule has 1 saturated heterocycles. The topological polar surface area (TPSA) is 63.2 Å². The predicted octanol–water partition coefficient (Wildman–Crippen LogP) is 3.98. The Morgan fingerprint density at radius 2 is 1.76 bits per heavy atom. The van der Waals surface area contributed by atoms with Crippen LogP contribution in [-0.4, -0.2) is 51.3 Å². The second-order valence-corrected chi connectivity index (χ2v) is 8.47. The summed E-state index contributed by atoms with van der Waals surface area (Å²) in [5.74, 6) is 1.24. The average molecular weight is 447 g/mol. The van der Waals surface area contributed by atoms with Crippen molar-refractivity contribution < 1.29 is 8.81 Å². The number of piperazine rings is 1. The van der Waals surface area contributed by atoms with Gasteiger partial charge in [-0.15, -0.1) is 5.10 Å². The molecule has 2 aromatic carbocycles. The van der Waals surface area contributed by atoms with Crippen LogP contribution in [0.5, 0.6) is 0 Å². The Balaban J connectivity index is 1.43. The Morgan fingerprint density at radius 3 is 2.48 bits per heavy atom. The molecule has 1 atom stereocenters. The van der Waals surface area contributed by atoms with Gasteiger partial charge in [-0.1, -0.05) is 24.3 Å². The first kappa shape index (κ1) is 21.3. The maximum atomic E-state index is 13.7. The molecule has 33 heavy (non-hydrogen) atoms. The summed E-state index contributed by atoms with van der Waals surface area (Å²) in [6, 6.07) is 16.7. The summed E-state index contributed by atoms with van der Waals surface area (Å²) in [5, 5.41) is 12.6. The van der Waals surface area contributed by atoms with Gasteiger partial charge in [0.1, 0.15) is 18.1 Å². The van der Waals surface area contributed by atoms with Gasteiger partial charge in [0, 0.05) is 31.9 Å². The van der Waals surface area contributed by atoms with Crippen molar-refractivity contribution in [3.63, 3.8) is 0 Å². The molecule has 0 unspecified atom stereocenters. The molecule has 0 N–H and O–H groups in total. The van der Waals surface area contributed by atoms with Gasteiger partial charge in [-0.05, 0) is 71.3 Å². The maximum Gasteiger partial charge on any atom is 0.173 e. The van der Waals surface area contributed by atoms with E-state index in [4.69, 9.17) is 4.42 Å². The monoisotopic (exact) mass is 446 g/mol. The minimum absolute atomic E-state index is 0.184. The number of aromatic nitrogens is 4. The van der Waals surface area contributed by atoms with E-state index in [1.807, 2.05) is 24.3 Å². The third-order valence-electron chi connectivity index (χ3n) is 6.47. The average Bonchev–Trinajstić information content (AvgIpc) is 3.51. The lowest BCUT2D eigenvalue weighted by Crippen LogP contribution is -2.48. The van der Waals surface area contributed by atoms with E-state index in [9.17, 15) is 4.39 Å². The molecule has 0 bridgehead atoms. The van der Waals surface area contributed by atoms with Crippen molar-refractivity contribution >= 4 is 5.69 Å². The summed E-state index contributed by atoms with van der Waals surface area (Å²) >= 11 is 0. The highest BCUT2D eigenvalue weighted by molar-refractivity contribution is 5.56. The molecule has 0 amide bonds. The van der Waals surface area contributed by atoms with E-state index in [-0.39, 0.29) is 11.9 Å². The molecule has 170 valence electrons. The Hall–Kier alpha value is -3.52. The number of benzene rings is 2. The minimum Gasteiger partial charge on any atom is -0.467 e. The van der Waals surface area contributed by atoms with E-state index in [1.54, 1.807) is 10.9 Å². The molecule has 5 rings (SSSR count). The van der Waals surface area contributed by atoms with E-state index in [2.05, 4.69) is 57.4 Å². The molecule has 1 fully saturated rings. The molecular formula is C25H27FN6O. The van der Waals surface area contributed by atoms with E-state index in [0.29, 0.717) is 6.54 Å². The van der Waals surface area contributed by atoms with Crippen molar-refractivity contribution in [2.75, 3.05) is 31.1 Å². The molecule has 0 aliphatic carbocycles. The van der Waals surface area contributed by atoms with E-state index >= 15 is 0 Å². The van der Waals surface area contributed by atoms with Gasteiger partial charge in [-0.3, -0.25) is 4.90 Å². The standard InChI is InChI=1S/C25H27FN6O/c1-18-5-3-7-23(19(18)2)30-12-14-31(15-13-30)24(20-8-10-21(26)11-9-20)25-27-28-29-32(25)17-22-6-4-16-33-22/h3-11,16,24H,12-15,17H2,1-2H3/t24-/m1/s1. The zero-order valence-corrected chi connectivity index (χ0v) is 18.9. The summed E-state index contributed by atoms with van der Waals surface area (Å²) in [6.45, 7) is 8.23. The highest BCUT2D eigenvalue weighted by Crippen LogP contribution is 2.31. The van der Waals surface area contributed by atoms with Gasteiger partial charge in [0.15, 0.2) is 5.82 Å². The largest absolute Gasteiger partial charge is 0.467 e. The van der Waals surface area contributed by atoms with Crippen molar-refractivity contribution in [3.05, 3.63) is 95.0 Å². The first-order chi connectivity index (χ1) is 16.1. The summed E-state index contributed by atoms with van der Waals surface area (Å²) in [4.78, 5) is 4.81. The minimum atomic E-state index is -0.257. The Bertz CT molecular complexity index is 1200. The quantitative estimate of drug-likeness (QED) is 0.446. The fourth-order valence-corrected chi connectivity index (χ4v) is 4.54. The normalized spacial score (nSPS) is 15.7. The first-order valence-corrected chi connectivity index (χ1v) is 11.2. The zero-order valence-electron chi connectivity index (χ0n) is 18.9. The number of rotatable bonds is 6. The van der Waals surface area contributed by atoms with Gasteiger partial charge in [0.05, 0.1) is 12.3 Å². The third kappa shape index (κ3) is 4.39. The summed E-state index contributed by atoms with van der Waals surface area (Å²) in [5.41, 5.74) is 4.88. The molecule has 1 aliphatic rings. The Morgan fingerprint density at radius 1 is 0.970 bits per heavy atom. The lowest BCUT2D eigenvalue weighted by molar-refractivity contribution is 0.200. The van der Waals surface area contributed by atoms with E-state index in [1.165, 1.54) is 28.9 Å². The van der Waals surface area contributed by atoms with Gasteiger partial charge in [-0.2, -0.15) is 0 Å². The Labute approximate surface area is 192 Å². The number of hydrogen-bond acceptors (Lipinski definition) is 6. The fourth-order valence-electron chi connectivity index (χ4n) is 4.54. The number of nitrogens with zero attached hydrogens (tertiary/aromatic N) is 6. The van der Waals surface area contributed by atoms with Crippen LogP contribution >= 0.6 is 0 Å². The number of aryl methyl sites for hydroxylation is 1. The maximum absolute atomic E-state index is 13.7. The summed E-state index contributed by atoms with van der Waals surface area (Å²) in [7, 11) is 0. The van der Waals surface area contributed by atoms with Crippen molar-refractivity contribution in [1.29, 1.82) is 0 Å². The van der Waals surface area contributed by atoms with Crippen LogP contribution in [0.25, 0.3) is 0 Å². The van der Waals surface area contributed by atoms with Crippen molar-refractivity contribution in [1.82, 2.24) is 25.1 Å². The van der Waals surface area contributed by atoms with Gasteiger partial charge in [0.2, 0.25) is 0 Å². The molecular weight excluding hydrogens is 419 g/mol. The molecule has 0 saturated carbocycles. The van der Waals surface area contributed by atoms with Gasteiger partial charge in [0.25, 0.3) is 0 Å². The smallest absolute Gasteiger partial charge is 0.173 e. The summed E-state index contributed by atoms with van der Waals surface area (Å²) < 4.78 is 21.0. The predicted molar refractivity (Wildman–Crippen MR) is 124 cm³/mol. The molecule has 1 aliphatic heterocycles. The van der Waals surface area contributed by atoms with Gasteiger partial charge < -0.3 is 9.32 Å². The molecule has 2 aromatic heterocycles. The van der Waals surface area contributed by atoms with E-state index in [0.717, 1.165) is 43.3 Å². The van der Waals surface area contributed by atoms with Crippen LogP contribution in [0.15, 0.2) is 65.3 Å². The molecule has 8 heteroatoms. The van der Waals surface area contributed by atoms with Crippen LogP contribution < -0.4 is 4.90 Å². The molecule has 0 radical (unpaired) electrons. The second kappa shape index (κ2) is 9.15. The lowest BCUT2D eigenvalue weighted by atomic mass is 10.0. The molecule has 7 nitrogen and oxygen atoms in total. The van der Waals surface area contributed by atoms with Crippen molar-refractivity contribution in [2.45, 2.75) is 26.4 Å². The number of hydrogen-bond donors (Lipinski definition) is 0. The number of tetrazole rings is 1. The highest BCUT2D eigenvalue weighted by atomic mass is 19.1. The van der Waals surface area contributed by atoms with Crippen LogP contribution in [0.1, 0.15) is 34.3 Å². The first-order valence-electron chi connectivity index (χ1n) is 11.2. The number of halogens is 1. The molecule has 4 aromatic rings. The summed E-state index contributed by atoms with van der Waals surface area (Å²) in [6.07, 6.45) is 1.64. The zero-order chi connectivity index (χ0) is 22.8. The van der Waals surface area contributed by atoms with Crippen molar-refractivity contribution in [2.24, 2.45) is 0 Å². The van der Waals surface area contributed by atoms with Crippen molar-refractivity contribution in [3.8, 4) is 0 Å². The third-order valence-corrected chi connectivity index (χ3v) is 6.47.